The van der Waals surface area contributed by atoms with Gasteiger partial charge in [0.25, 0.3) is 0 Å². The van der Waals surface area contributed by atoms with Gasteiger partial charge in [-0.05, 0) is 26.2 Å². The molecule has 0 aliphatic rings. The maximum atomic E-state index is 5.77. The topological polar surface area (TPSA) is 38.5 Å². The smallest absolute Gasteiger partial charge is 0.143 e. The van der Waals surface area contributed by atoms with E-state index in [4.69, 9.17) is 18.3 Å². The lowest BCUT2D eigenvalue weighted by atomic mass is 9.96. The summed E-state index contributed by atoms with van der Waals surface area (Å²) in [6, 6.07) is 3.48. The Morgan fingerprint density at radius 2 is 2.13 bits per heavy atom. The Hall–Kier alpha value is -0.675. The average Bonchev–Trinajstić information content (AvgIpc) is 2.13. The van der Waals surface area contributed by atoms with Gasteiger partial charge in [0, 0.05) is 11.0 Å². The molecule has 0 fully saturated rings. The molecule has 2 N–H and O–H groups in total. The second-order valence-electron chi connectivity index (χ2n) is 3.56. The summed E-state index contributed by atoms with van der Waals surface area (Å²) in [6.45, 7) is 1.45. The van der Waals surface area contributed by atoms with Crippen LogP contribution >= 0.6 is 15.9 Å². The molecule has 3 nitrogen and oxygen atoms in total. The molecule has 1 rings (SSSR count). The molecule has 1 aromatic carbocycles. The molecule has 1 aromatic rings. The quantitative estimate of drug-likeness (QED) is 0.648. The lowest BCUT2D eigenvalue weighted by Crippen LogP contribution is -2.20. The molecule has 2 radical (unpaired) electrons. The number of likely N-dealkylation sites (N-methyl/N-ethyl adjacent to an activating group) is 1. The zero-order valence-electron chi connectivity index (χ0n) is 8.96. The van der Waals surface area contributed by atoms with Gasteiger partial charge in [0.1, 0.15) is 20.2 Å². The predicted molar refractivity (Wildman–Crippen MR) is 68.0 cm³/mol. The number of rotatable bonds is 4. The predicted octanol–water partition coefficient (Wildman–Crippen LogP) is 0.766. The molecule has 0 heterocycles. The molecule has 0 bridgehead atoms. The van der Waals surface area contributed by atoms with Crippen LogP contribution in [0.15, 0.2) is 16.6 Å². The van der Waals surface area contributed by atoms with Crippen molar-refractivity contribution in [1.82, 2.24) is 4.90 Å². The van der Waals surface area contributed by atoms with Crippen LogP contribution in [-0.4, -0.2) is 40.0 Å². The number of anilines is 1. The van der Waals surface area contributed by atoms with E-state index < -0.39 is 0 Å². The van der Waals surface area contributed by atoms with Crippen molar-refractivity contribution in [1.29, 1.82) is 0 Å². The van der Waals surface area contributed by atoms with Crippen LogP contribution in [0, 0.1) is 0 Å². The van der Waals surface area contributed by atoms with E-state index in [1.165, 1.54) is 0 Å². The highest BCUT2D eigenvalue weighted by Crippen LogP contribution is 2.23. The van der Waals surface area contributed by atoms with Crippen molar-refractivity contribution >= 4 is 34.9 Å². The first-order valence-electron chi connectivity index (χ1n) is 4.62. The van der Waals surface area contributed by atoms with Gasteiger partial charge < -0.3 is 15.4 Å². The van der Waals surface area contributed by atoms with E-state index in [0.717, 1.165) is 11.0 Å². The van der Waals surface area contributed by atoms with Gasteiger partial charge in [-0.15, -0.1) is 0 Å². The minimum Gasteiger partial charge on any atom is -0.490 e. The Morgan fingerprint density at radius 3 is 2.73 bits per heavy atom. The van der Waals surface area contributed by atoms with Crippen LogP contribution in [-0.2, 0) is 0 Å². The third kappa shape index (κ3) is 3.76. The minimum atomic E-state index is 0.564. The van der Waals surface area contributed by atoms with Crippen LogP contribution in [0.3, 0.4) is 0 Å². The molecule has 0 aliphatic heterocycles. The van der Waals surface area contributed by atoms with Crippen LogP contribution < -0.4 is 15.9 Å². The van der Waals surface area contributed by atoms with Gasteiger partial charge in [0.2, 0.25) is 0 Å². The molecular weight excluding hydrogens is 255 g/mol. The van der Waals surface area contributed by atoms with Crippen molar-refractivity contribution in [2.45, 2.75) is 0 Å². The van der Waals surface area contributed by atoms with Crippen molar-refractivity contribution in [3.8, 4) is 5.75 Å². The highest BCUT2D eigenvalue weighted by atomic mass is 79.9. The maximum Gasteiger partial charge on any atom is 0.143 e. The van der Waals surface area contributed by atoms with Gasteiger partial charge in [-0.25, -0.2) is 0 Å². The average molecular weight is 269 g/mol. The molecule has 5 heteroatoms. The van der Waals surface area contributed by atoms with E-state index in [0.29, 0.717) is 23.5 Å². The van der Waals surface area contributed by atoms with Gasteiger partial charge >= 0.3 is 0 Å². The van der Waals surface area contributed by atoms with Gasteiger partial charge in [-0.1, -0.05) is 21.4 Å². The molecule has 0 aliphatic carbocycles. The lowest BCUT2D eigenvalue weighted by molar-refractivity contribution is 0.262. The Balaban J connectivity index is 2.65. The first kappa shape index (κ1) is 12.4. The molecule has 15 heavy (non-hydrogen) atoms. The van der Waals surface area contributed by atoms with Gasteiger partial charge in [0.15, 0.2) is 0 Å². The summed E-state index contributed by atoms with van der Waals surface area (Å²) >= 11 is 3.33. The molecule has 0 spiro atoms. The number of halogens is 1. The number of nitrogens with zero attached hydrogens (tertiary/aromatic N) is 1. The van der Waals surface area contributed by atoms with Crippen LogP contribution in [0.25, 0.3) is 0 Å². The van der Waals surface area contributed by atoms with Crippen molar-refractivity contribution in [2.75, 3.05) is 33.0 Å². The van der Waals surface area contributed by atoms with Crippen LogP contribution in [0.5, 0.6) is 5.75 Å². The SMILES string of the molecule is [B]c1cc(N)c(OCCN(C)C)cc1Br. The molecule has 80 valence electrons. The van der Waals surface area contributed by atoms with E-state index in [1.807, 2.05) is 19.0 Å². The van der Waals surface area contributed by atoms with E-state index in [-0.39, 0.29) is 0 Å². The number of hydrogen-bond donors (Lipinski definition) is 1. The monoisotopic (exact) mass is 268 g/mol. The highest BCUT2D eigenvalue weighted by molar-refractivity contribution is 9.10. The number of ether oxygens (including phenoxy) is 1. The summed E-state index contributed by atoms with van der Waals surface area (Å²) < 4.78 is 6.33. The van der Waals surface area contributed by atoms with Gasteiger partial charge in [0.05, 0.1) is 5.69 Å². The van der Waals surface area contributed by atoms with Gasteiger partial charge in [-0.2, -0.15) is 0 Å². The number of benzene rings is 1. The number of nitrogen functional groups attached to an aromatic ring is 1. The minimum absolute atomic E-state index is 0.564. The summed E-state index contributed by atoms with van der Waals surface area (Å²) in [5.74, 6) is 0.665. The van der Waals surface area contributed by atoms with Crippen LogP contribution in [0.2, 0.25) is 0 Å². The number of hydrogen-bond acceptors (Lipinski definition) is 3. The Labute approximate surface area is 100 Å². The second kappa shape index (κ2) is 5.42. The normalized spacial score (nSPS) is 10.7. The molecule has 0 saturated heterocycles. The zero-order chi connectivity index (χ0) is 11.4. The largest absolute Gasteiger partial charge is 0.490 e. The third-order valence-electron chi connectivity index (χ3n) is 1.93. The molecule has 0 amide bonds. The fraction of sp³-hybridized carbons (Fsp3) is 0.400. The van der Waals surface area contributed by atoms with E-state index in [2.05, 4.69) is 15.9 Å². The summed E-state index contributed by atoms with van der Waals surface area (Å²) in [4.78, 5) is 2.04. The molecule has 0 aromatic heterocycles. The van der Waals surface area contributed by atoms with Crippen molar-refractivity contribution in [3.05, 3.63) is 16.6 Å². The van der Waals surface area contributed by atoms with Crippen molar-refractivity contribution < 1.29 is 4.74 Å². The Bertz CT molecular complexity index is 344. The standard InChI is InChI=1S/C10H14BBrN2O/c1-14(2)3-4-15-10-6-8(12)7(11)5-9(10)13/h5-6H,3-4,13H2,1-2H3. The number of nitrogens with two attached hydrogens (primary N) is 1. The summed E-state index contributed by atoms with van der Waals surface area (Å²) in [6.07, 6.45) is 0. The lowest BCUT2D eigenvalue weighted by Gasteiger charge is -2.13. The van der Waals surface area contributed by atoms with E-state index in [1.54, 1.807) is 12.1 Å². The van der Waals surface area contributed by atoms with Gasteiger partial charge in [-0.3, -0.25) is 0 Å². The second-order valence-corrected chi connectivity index (χ2v) is 4.42. The fourth-order valence-electron chi connectivity index (χ4n) is 1.05. The maximum absolute atomic E-state index is 5.77. The molecule has 0 unspecified atom stereocenters. The first-order chi connectivity index (χ1) is 7.00. The molecule has 0 saturated carbocycles. The Morgan fingerprint density at radius 1 is 1.47 bits per heavy atom. The highest BCUT2D eigenvalue weighted by Gasteiger charge is 2.04. The first-order valence-corrected chi connectivity index (χ1v) is 5.42. The summed E-state index contributed by atoms with van der Waals surface area (Å²) in [5, 5.41) is 0. The molecule has 0 atom stereocenters. The van der Waals surface area contributed by atoms with E-state index in [9.17, 15) is 0 Å². The molecular formula is C10H14BBrN2O. The zero-order valence-corrected chi connectivity index (χ0v) is 10.5. The Kier molecular flexibility index (Phi) is 4.48. The third-order valence-corrected chi connectivity index (χ3v) is 2.61. The van der Waals surface area contributed by atoms with Crippen LogP contribution in [0.1, 0.15) is 0 Å². The van der Waals surface area contributed by atoms with Crippen molar-refractivity contribution in [2.24, 2.45) is 0 Å². The van der Waals surface area contributed by atoms with Crippen LogP contribution in [0.4, 0.5) is 5.69 Å². The van der Waals surface area contributed by atoms with E-state index >= 15 is 0 Å². The van der Waals surface area contributed by atoms with Crippen molar-refractivity contribution in [3.63, 3.8) is 0 Å². The summed E-state index contributed by atoms with van der Waals surface area (Å²) in [7, 11) is 9.66. The summed E-state index contributed by atoms with van der Waals surface area (Å²) in [5.41, 5.74) is 6.95. The fourth-order valence-corrected chi connectivity index (χ4v) is 1.37.